The molecule has 0 spiro atoms. The van der Waals surface area contributed by atoms with E-state index < -0.39 is 0 Å². The lowest BCUT2D eigenvalue weighted by molar-refractivity contribution is 0.0516. The van der Waals surface area contributed by atoms with Crippen LogP contribution in [-0.2, 0) is 0 Å². The summed E-state index contributed by atoms with van der Waals surface area (Å²) in [5.41, 5.74) is 1.16. The standard InChI is InChI=1S/C14H20ClFN2/c1-10(11-4-5-13(16)12(15)8-11)18-7-6-17-9-14(18,2)3/h4-5,8,10,17H,6-7,9H2,1-3H3. The maximum Gasteiger partial charge on any atom is 0.141 e. The highest BCUT2D eigenvalue weighted by Crippen LogP contribution is 2.30. The molecule has 1 heterocycles. The van der Waals surface area contributed by atoms with Crippen LogP contribution < -0.4 is 5.32 Å². The van der Waals surface area contributed by atoms with Gasteiger partial charge in [-0.15, -0.1) is 0 Å². The zero-order chi connectivity index (χ0) is 13.3. The molecular weight excluding hydrogens is 251 g/mol. The molecule has 1 aliphatic rings. The van der Waals surface area contributed by atoms with E-state index in [-0.39, 0.29) is 22.4 Å². The first-order valence-corrected chi connectivity index (χ1v) is 6.72. The number of hydrogen-bond acceptors (Lipinski definition) is 2. The highest BCUT2D eigenvalue weighted by Gasteiger charge is 2.33. The third-order valence-electron chi connectivity index (χ3n) is 3.76. The topological polar surface area (TPSA) is 15.3 Å². The Hall–Kier alpha value is -0.640. The fourth-order valence-corrected chi connectivity index (χ4v) is 2.86. The minimum Gasteiger partial charge on any atom is -0.314 e. The summed E-state index contributed by atoms with van der Waals surface area (Å²) in [7, 11) is 0. The van der Waals surface area contributed by atoms with Crippen LogP contribution in [-0.4, -0.2) is 30.1 Å². The smallest absolute Gasteiger partial charge is 0.141 e. The van der Waals surface area contributed by atoms with Crippen LogP contribution in [0.15, 0.2) is 18.2 Å². The van der Waals surface area contributed by atoms with Crippen LogP contribution in [0, 0.1) is 5.82 Å². The SMILES string of the molecule is CC(c1ccc(F)c(Cl)c1)N1CCNCC1(C)C. The summed E-state index contributed by atoms with van der Waals surface area (Å²) in [6, 6.07) is 5.24. The fraction of sp³-hybridized carbons (Fsp3) is 0.571. The second-order valence-corrected chi connectivity index (χ2v) is 5.94. The second-order valence-electron chi connectivity index (χ2n) is 5.53. The van der Waals surface area contributed by atoms with E-state index in [1.54, 1.807) is 6.07 Å². The molecule has 18 heavy (non-hydrogen) atoms. The van der Waals surface area contributed by atoms with Gasteiger partial charge in [0.25, 0.3) is 0 Å². The average Bonchev–Trinajstić information content (AvgIpc) is 2.31. The van der Waals surface area contributed by atoms with Gasteiger partial charge < -0.3 is 5.32 Å². The van der Waals surface area contributed by atoms with Crippen LogP contribution in [0.2, 0.25) is 5.02 Å². The van der Waals surface area contributed by atoms with Crippen LogP contribution in [0.4, 0.5) is 4.39 Å². The van der Waals surface area contributed by atoms with E-state index in [4.69, 9.17) is 11.6 Å². The van der Waals surface area contributed by atoms with Gasteiger partial charge in [0.1, 0.15) is 5.82 Å². The fourth-order valence-electron chi connectivity index (χ4n) is 2.67. The Kier molecular flexibility index (Phi) is 3.95. The van der Waals surface area contributed by atoms with Crippen molar-refractivity contribution in [1.82, 2.24) is 10.2 Å². The van der Waals surface area contributed by atoms with Gasteiger partial charge in [0.05, 0.1) is 5.02 Å². The summed E-state index contributed by atoms with van der Waals surface area (Å²) >= 11 is 5.86. The molecule has 2 rings (SSSR count). The molecule has 1 aromatic carbocycles. The number of piperazine rings is 1. The molecule has 1 saturated heterocycles. The molecule has 0 bridgehead atoms. The van der Waals surface area contributed by atoms with Gasteiger partial charge in [0.15, 0.2) is 0 Å². The van der Waals surface area contributed by atoms with Gasteiger partial charge in [-0.05, 0) is 38.5 Å². The summed E-state index contributed by atoms with van der Waals surface area (Å²) in [5, 5.41) is 3.61. The Labute approximate surface area is 113 Å². The lowest BCUT2D eigenvalue weighted by Crippen LogP contribution is -2.58. The number of hydrogen-bond donors (Lipinski definition) is 1. The predicted molar refractivity (Wildman–Crippen MR) is 73.5 cm³/mol. The van der Waals surface area contributed by atoms with Gasteiger partial charge in [0.2, 0.25) is 0 Å². The highest BCUT2D eigenvalue weighted by molar-refractivity contribution is 6.30. The molecule has 4 heteroatoms. The number of rotatable bonds is 2. The van der Waals surface area contributed by atoms with Crippen molar-refractivity contribution >= 4 is 11.6 Å². The van der Waals surface area contributed by atoms with E-state index in [1.165, 1.54) is 6.07 Å². The van der Waals surface area contributed by atoms with E-state index in [9.17, 15) is 4.39 Å². The molecular formula is C14H20ClFN2. The van der Waals surface area contributed by atoms with E-state index in [2.05, 4.69) is 31.0 Å². The van der Waals surface area contributed by atoms with Gasteiger partial charge >= 0.3 is 0 Å². The molecule has 0 aliphatic carbocycles. The maximum atomic E-state index is 13.2. The zero-order valence-corrected chi connectivity index (χ0v) is 11.9. The van der Waals surface area contributed by atoms with Crippen LogP contribution in [0.5, 0.6) is 0 Å². The normalized spacial score (nSPS) is 21.8. The van der Waals surface area contributed by atoms with Crippen molar-refractivity contribution in [2.45, 2.75) is 32.4 Å². The molecule has 2 nitrogen and oxygen atoms in total. The molecule has 1 fully saturated rings. The minimum atomic E-state index is -0.354. The first-order chi connectivity index (χ1) is 8.42. The van der Waals surface area contributed by atoms with Crippen molar-refractivity contribution < 1.29 is 4.39 Å². The average molecular weight is 271 g/mol. The van der Waals surface area contributed by atoms with E-state index in [0.29, 0.717) is 0 Å². The van der Waals surface area contributed by atoms with Crippen molar-refractivity contribution in [3.63, 3.8) is 0 Å². The van der Waals surface area contributed by atoms with Gasteiger partial charge in [-0.1, -0.05) is 17.7 Å². The number of nitrogens with zero attached hydrogens (tertiary/aromatic N) is 1. The lowest BCUT2D eigenvalue weighted by Gasteiger charge is -2.46. The molecule has 0 saturated carbocycles. The Morgan fingerprint density at radius 1 is 1.44 bits per heavy atom. The monoisotopic (exact) mass is 270 g/mol. The second kappa shape index (κ2) is 5.16. The highest BCUT2D eigenvalue weighted by atomic mass is 35.5. The molecule has 0 radical (unpaired) electrons. The maximum absolute atomic E-state index is 13.2. The lowest BCUT2D eigenvalue weighted by atomic mass is 9.95. The number of nitrogens with one attached hydrogen (secondary N) is 1. The molecule has 1 unspecified atom stereocenters. The third-order valence-corrected chi connectivity index (χ3v) is 4.05. The summed E-state index contributed by atoms with van der Waals surface area (Å²) in [4.78, 5) is 2.44. The molecule has 0 aromatic heterocycles. The molecule has 1 aromatic rings. The molecule has 1 aliphatic heterocycles. The first-order valence-electron chi connectivity index (χ1n) is 6.34. The molecule has 0 amide bonds. The summed E-state index contributed by atoms with van der Waals surface area (Å²) in [6.45, 7) is 9.54. The van der Waals surface area contributed by atoms with E-state index in [1.807, 2.05) is 6.07 Å². The Bertz CT molecular complexity index is 434. The summed E-state index contributed by atoms with van der Waals surface area (Å²) in [5.74, 6) is -0.354. The van der Waals surface area contributed by atoms with Crippen molar-refractivity contribution in [3.05, 3.63) is 34.6 Å². The van der Waals surface area contributed by atoms with E-state index in [0.717, 1.165) is 25.2 Å². The predicted octanol–water partition coefficient (Wildman–Crippen LogP) is 3.22. The largest absolute Gasteiger partial charge is 0.314 e. The molecule has 100 valence electrons. The molecule has 1 atom stereocenters. The quantitative estimate of drug-likeness (QED) is 0.888. The Morgan fingerprint density at radius 2 is 2.17 bits per heavy atom. The van der Waals surface area contributed by atoms with Gasteiger partial charge in [0, 0.05) is 31.2 Å². The van der Waals surface area contributed by atoms with Gasteiger partial charge in [-0.2, -0.15) is 0 Å². The first kappa shape index (κ1) is 13.8. The number of halogens is 2. The van der Waals surface area contributed by atoms with Crippen molar-refractivity contribution in [3.8, 4) is 0 Å². The Balaban J connectivity index is 2.24. The van der Waals surface area contributed by atoms with Crippen LogP contribution in [0.3, 0.4) is 0 Å². The molecule has 1 N–H and O–H groups in total. The van der Waals surface area contributed by atoms with Crippen molar-refractivity contribution in [2.75, 3.05) is 19.6 Å². The van der Waals surface area contributed by atoms with Crippen LogP contribution in [0.25, 0.3) is 0 Å². The van der Waals surface area contributed by atoms with Crippen LogP contribution >= 0.6 is 11.6 Å². The van der Waals surface area contributed by atoms with Crippen molar-refractivity contribution in [2.24, 2.45) is 0 Å². The summed E-state index contributed by atoms with van der Waals surface area (Å²) < 4.78 is 13.2. The zero-order valence-electron chi connectivity index (χ0n) is 11.1. The number of benzene rings is 1. The van der Waals surface area contributed by atoms with Gasteiger partial charge in [-0.25, -0.2) is 4.39 Å². The van der Waals surface area contributed by atoms with Crippen molar-refractivity contribution in [1.29, 1.82) is 0 Å². The summed E-state index contributed by atoms with van der Waals surface area (Å²) in [6.07, 6.45) is 0. The van der Waals surface area contributed by atoms with Crippen LogP contribution in [0.1, 0.15) is 32.4 Å². The Morgan fingerprint density at radius 3 is 2.78 bits per heavy atom. The van der Waals surface area contributed by atoms with E-state index >= 15 is 0 Å². The third kappa shape index (κ3) is 2.68. The van der Waals surface area contributed by atoms with Gasteiger partial charge in [-0.3, -0.25) is 4.90 Å². The minimum absolute atomic E-state index is 0.0958.